The van der Waals surface area contributed by atoms with Gasteiger partial charge in [-0.25, -0.2) is 4.79 Å². The van der Waals surface area contributed by atoms with Crippen molar-refractivity contribution in [2.24, 2.45) is 5.92 Å². The van der Waals surface area contributed by atoms with Gasteiger partial charge in [-0.2, -0.15) is 0 Å². The second-order valence-corrected chi connectivity index (χ2v) is 5.42. The summed E-state index contributed by atoms with van der Waals surface area (Å²) in [5.41, 5.74) is 0. The van der Waals surface area contributed by atoms with Gasteiger partial charge in [0.25, 0.3) is 0 Å². The van der Waals surface area contributed by atoms with Gasteiger partial charge in [-0.1, -0.05) is 6.92 Å². The van der Waals surface area contributed by atoms with Crippen LogP contribution < -0.4 is 5.32 Å². The van der Waals surface area contributed by atoms with Crippen LogP contribution in [0.25, 0.3) is 0 Å². The Morgan fingerprint density at radius 1 is 1.28 bits per heavy atom. The molecule has 0 spiro atoms. The van der Waals surface area contributed by atoms with Crippen LogP contribution in [-0.2, 0) is 4.79 Å². The Labute approximate surface area is 108 Å². The molecule has 0 aromatic carbocycles. The zero-order valence-electron chi connectivity index (χ0n) is 10.9. The van der Waals surface area contributed by atoms with Gasteiger partial charge in [0.05, 0.1) is 5.92 Å². The van der Waals surface area contributed by atoms with E-state index in [1.54, 1.807) is 0 Å². The third-order valence-electron chi connectivity index (χ3n) is 3.82. The number of carboxylic acid groups (broad SMARTS) is 1. The molecule has 2 aliphatic rings. The maximum Gasteiger partial charge on any atom is 0.317 e. The van der Waals surface area contributed by atoms with E-state index >= 15 is 0 Å². The molecule has 0 heterocycles. The van der Waals surface area contributed by atoms with Crippen molar-refractivity contribution in [1.82, 2.24) is 10.2 Å². The molecule has 0 aromatic rings. The lowest BCUT2D eigenvalue weighted by molar-refractivity contribution is -0.141. The van der Waals surface area contributed by atoms with E-state index in [2.05, 4.69) is 12.2 Å². The first kappa shape index (κ1) is 13.2. The summed E-state index contributed by atoms with van der Waals surface area (Å²) in [6.45, 7) is 2.87. The SMILES string of the molecule is CCCN(C(=O)N[C@H]1CC[C@@H](C(=O)O)C1)C1CC1. The first-order valence-corrected chi connectivity index (χ1v) is 6.91. The van der Waals surface area contributed by atoms with Gasteiger partial charge in [-0.3, -0.25) is 4.79 Å². The Balaban J connectivity index is 1.81. The molecule has 5 nitrogen and oxygen atoms in total. The summed E-state index contributed by atoms with van der Waals surface area (Å²) in [6.07, 6.45) is 5.22. The maximum absolute atomic E-state index is 12.1. The quantitative estimate of drug-likeness (QED) is 0.786. The molecule has 0 aliphatic heterocycles. The van der Waals surface area contributed by atoms with Crippen molar-refractivity contribution in [2.45, 2.75) is 57.5 Å². The van der Waals surface area contributed by atoms with E-state index < -0.39 is 5.97 Å². The minimum Gasteiger partial charge on any atom is -0.481 e. The number of urea groups is 1. The highest BCUT2D eigenvalue weighted by molar-refractivity contribution is 5.76. The fourth-order valence-corrected chi connectivity index (χ4v) is 2.67. The first-order chi connectivity index (χ1) is 8.61. The standard InChI is InChI=1S/C13H22N2O3/c1-2-7-15(11-5-6-11)13(18)14-10-4-3-9(8-10)12(16)17/h9-11H,2-8H2,1H3,(H,14,18)(H,16,17)/t9-,10+/m1/s1. The number of nitrogens with one attached hydrogen (secondary N) is 1. The molecule has 0 unspecified atom stereocenters. The fourth-order valence-electron chi connectivity index (χ4n) is 2.67. The first-order valence-electron chi connectivity index (χ1n) is 6.91. The van der Waals surface area contributed by atoms with Crippen molar-refractivity contribution < 1.29 is 14.7 Å². The van der Waals surface area contributed by atoms with Gasteiger partial charge in [-0.15, -0.1) is 0 Å². The molecular formula is C13H22N2O3. The lowest BCUT2D eigenvalue weighted by atomic mass is 10.1. The van der Waals surface area contributed by atoms with E-state index in [9.17, 15) is 9.59 Å². The molecule has 2 saturated carbocycles. The molecule has 2 amide bonds. The van der Waals surface area contributed by atoms with Crippen LogP contribution in [-0.4, -0.2) is 40.6 Å². The van der Waals surface area contributed by atoms with Crippen LogP contribution in [0.1, 0.15) is 45.4 Å². The van der Waals surface area contributed by atoms with Crippen LogP contribution in [0, 0.1) is 5.92 Å². The molecule has 2 atom stereocenters. The average molecular weight is 254 g/mol. The van der Waals surface area contributed by atoms with Crippen LogP contribution >= 0.6 is 0 Å². The summed E-state index contributed by atoms with van der Waals surface area (Å²) in [6, 6.07) is 0.453. The summed E-state index contributed by atoms with van der Waals surface area (Å²) in [7, 11) is 0. The Morgan fingerprint density at radius 2 is 2.00 bits per heavy atom. The van der Waals surface area contributed by atoms with Crippen molar-refractivity contribution in [3.05, 3.63) is 0 Å². The predicted octanol–water partition coefficient (Wildman–Crippen LogP) is 1.82. The third kappa shape index (κ3) is 3.15. The lowest BCUT2D eigenvalue weighted by Gasteiger charge is -2.24. The van der Waals surface area contributed by atoms with Gasteiger partial charge in [0.1, 0.15) is 0 Å². The van der Waals surface area contributed by atoms with Gasteiger partial charge in [0, 0.05) is 18.6 Å². The Morgan fingerprint density at radius 3 is 2.50 bits per heavy atom. The molecule has 0 saturated heterocycles. The van der Waals surface area contributed by atoms with Crippen molar-refractivity contribution in [1.29, 1.82) is 0 Å². The number of carboxylic acids is 1. The lowest BCUT2D eigenvalue weighted by Crippen LogP contribution is -2.45. The number of rotatable bonds is 5. The fraction of sp³-hybridized carbons (Fsp3) is 0.846. The molecule has 0 aromatic heterocycles. The highest BCUT2D eigenvalue weighted by atomic mass is 16.4. The number of carbonyl (C=O) groups is 2. The molecule has 2 fully saturated rings. The highest BCUT2D eigenvalue weighted by Crippen LogP contribution is 2.29. The van der Waals surface area contributed by atoms with Crippen LogP contribution in [0.15, 0.2) is 0 Å². The van der Waals surface area contributed by atoms with E-state index in [1.165, 1.54) is 0 Å². The smallest absolute Gasteiger partial charge is 0.317 e. The number of amides is 2. The Hall–Kier alpha value is -1.26. The van der Waals surface area contributed by atoms with Crippen molar-refractivity contribution in [2.75, 3.05) is 6.54 Å². The van der Waals surface area contributed by atoms with Crippen molar-refractivity contribution in [3.63, 3.8) is 0 Å². The van der Waals surface area contributed by atoms with Crippen LogP contribution in [0.4, 0.5) is 4.79 Å². The Bertz CT molecular complexity index is 328. The van der Waals surface area contributed by atoms with Gasteiger partial charge in [-0.05, 0) is 38.5 Å². The molecule has 2 rings (SSSR count). The molecule has 0 bridgehead atoms. The second kappa shape index (κ2) is 5.59. The predicted molar refractivity (Wildman–Crippen MR) is 67.3 cm³/mol. The topological polar surface area (TPSA) is 69.6 Å². The summed E-state index contributed by atoms with van der Waals surface area (Å²) < 4.78 is 0. The molecule has 2 aliphatic carbocycles. The van der Waals surface area contributed by atoms with Gasteiger partial charge >= 0.3 is 12.0 Å². The maximum atomic E-state index is 12.1. The molecular weight excluding hydrogens is 232 g/mol. The van der Waals surface area contributed by atoms with E-state index in [1.807, 2.05) is 4.90 Å². The normalized spacial score (nSPS) is 26.9. The number of hydrogen-bond donors (Lipinski definition) is 2. The van der Waals surface area contributed by atoms with E-state index in [4.69, 9.17) is 5.11 Å². The van der Waals surface area contributed by atoms with E-state index in [0.717, 1.165) is 32.2 Å². The van der Waals surface area contributed by atoms with E-state index in [0.29, 0.717) is 18.9 Å². The monoisotopic (exact) mass is 254 g/mol. The molecule has 18 heavy (non-hydrogen) atoms. The van der Waals surface area contributed by atoms with Gasteiger partial charge < -0.3 is 15.3 Å². The van der Waals surface area contributed by atoms with Crippen LogP contribution in [0.3, 0.4) is 0 Å². The number of carbonyl (C=O) groups excluding carboxylic acids is 1. The largest absolute Gasteiger partial charge is 0.481 e. The zero-order valence-corrected chi connectivity index (χ0v) is 10.9. The Kier molecular flexibility index (Phi) is 4.09. The molecule has 5 heteroatoms. The molecule has 0 radical (unpaired) electrons. The minimum absolute atomic E-state index is 0.00427. The van der Waals surface area contributed by atoms with Crippen LogP contribution in [0.2, 0.25) is 0 Å². The molecule has 2 N–H and O–H groups in total. The van der Waals surface area contributed by atoms with Crippen LogP contribution in [0.5, 0.6) is 0 Å². The minimum atomic E-state index is -0.737. The summed E-state index contributed by atoms with van der Waals surface area (Å²) in [5, 5.41) is 11.9. The summed E-state index contributed by atoms with van der Waals surface area (Å²) in [5.74, 6) is -1.02. The van der Waals surface area contributed by atoms with Crippen molar-refractivity contribution in [3.8, 4) is 0 Å². The zero-order chi connectivity index (χ0) is 13.1. The summed E-state index contributed by atoms with van der Waals surface area (Å²) >= 11 is 0. The second-order valence-electron chi connectivity index (χ2n) is 5.42. The number of hydrogen-bond acceptors (Lipinski definition) is 2. The number of nitrogens with zero attached hydrogens (tertiary/aromatic N) is 1. The highest BCUT2D eigenvalue weighted by Gasteiger charge is 2.35. The molecule has 102 valence electrons. The van der Waals surface area contributed by atoms with Crippen molar-refractivity contribution >= 4 is 12.0 Å². The summed E-state index contributed by atoms with van der Waals surface area (Å²) in [4.78, 5) is 24.9. The van der Waals surface area contributed by atoms with Gasteiger partial charge in [0.2, 0.25) is 0 Å². The number of aliphatic carboxylic acids is 1. The average Bonchev–Trinajstić information content (AvgIpc) is 3.05. The third-order valence-corrected chi connectivity index (χ3v) is 3.82. The van der Waals surface area contributed by atoms with E-state index in [-0.39, 0.29) is 18.0 Å². The van der Waals surface area contributed by atoms with Gasteiger partial charge in [0.15, 0.2) is 0 Å².